The average molecular weight is 270 g/mol. The summed E-state index contributed by atoms with van der Waals surface area (Å²) in [5.74, 6) is 4.44. The summed E-state index contributed by atoms with van der Waals surface area (Å²) >= 11 is 1.38. The lowest BCUT2D eigenvalue weighted by atomic mass is 10.2. The Morgan fingerprint density at radius 3 is 2.67 bits per heavy atom. The number of hydrogen-bond acceptors (Lipinski definition) is 5. The number of primary amides is 1. The molecule has 7 heteroatoms. The lowest BCUT2D eigenvalue weighted by molar-refractivity contribution is -0.119. The van der Waals surface area contributed by atoms with Gasteiger partial charge in [-0.05, 0) is 25.1 Å². The fourth-order valence-corrected chi connectivity index (χ4v) is 2.54. The summed E-state index contributed by atoms with van der Waals surface area (Å²) in [6.07, 6.45) is 0. The second-order valence-corrected chi connectivity index (χ2v) is 5.19. The van der Waals surface area contributed by atoms with Crippen molar-refractivity contribution in [2.24, 2.45) is 11.6 Å². The Morgan fingerprint density at radius 1 is 1.50 bits per heavy atom. The Labute approximate surface area is 110 Å². The summed E-state index contributed by atoms with van der Waals surface area (Å²) in [6.45, 7) is 5.42. The second kappa shape index (κ2) is 6.48. The van der Waals surface area contributed by atoms with E-state index >= 15 is 0 Å². The SMILES string of the molecule is CCN(CC(N)=O)Cc1cc(C(=O)NN)sc1C. The molecule has 2 amide bonds. The molecule has 5 N–H and O–H groups in total. The molecule has 6 nitrogen and oxygen atoms in total. The molecule has 0 fully saturated rings. The first kappa shape index (κ1) is 14.6. The van der Waals surface area contributed by atoms with Gasteiger partial charge in [0.05, 0.1) is 11.4 Å². The highest BCUT2D eigenvalue weighted by atomic mass is 32.1. The van der Waals surface area contributed by atoms with Crippen molar-refractivity contribution < 1.29 is 9.59 Å². The molecule has 1 aromatic heterocycles. The Morgan fingerprint density at radius 2 is 2.17 bits per heavy atom. The van der Waals surface area contributed by atoms with E-state index in [1.165, 1.54) is 11.3 Å². The Bertz CT molecular complexity index is 444. The van der Waals surface area contributed by atoms with Gasteiger partial charge in [0.2, 0.25) is 5.91 Å². The van der Waals surface area contributed by atoms with E-state index in [4.69, 9.17) is 11.6 Å². The molecular weight excluding hydrogens is 252 g/mol. The van der Waals surface area contributed by atoms with E-state index in [2.05, 4.69) is 5.43 Å². The number of carbonyl (C=O) groups is 2. The highest BCUT2D eigenvalue weighted by Crippen LogP contribution is 2.22. The summed E-state index contributed by atoms with van der Waals surface area (Å²) in [5.41, 5.74) is 8.30. The molecule has 0 atom stereocenters. The highest BCUT2D eigenvalue weighted by Gasteiger charge is 2.14. The van der Waals surface area contributed by atoms with Gasteiger partial charge in [-0.3, -0.25) is 19.9 Å². The minimum absolute atomic E-state index is 0.213. The highest BCUT2D eigenvalue weighted by molar-refractivity contribution is 7.14. The normalized spacial score (nSPS) is 10.7. The zero-order valence-corrected chi connectivity index (χ0v) is 11.3. The van der Waals surface area contributed by atoms with Crippen LogP contribution in [0, 0.1) is 6.92 Å². The largest absolute Gasteiger partial charge is 0.369 e. The molecule has 0 radical (unpaired) electrons. The van der Waals surface area contributed by atoms with Crippen LogP contribution < -0.4 is 17.0 Å². The van der Waals surface area contributed by atoms with E-state index in [1.54, 1.807) is 6.07 Å². The molecular formula is C11H18N4O2S. The van der Waals surface area contributed by atoms with Gasteiger partial charge in [-0.1, -0.05) is 6.92 Å². The monoisotopic (exact) mass is 270 g/mol. The van der Waals surface area contributed by atoms with Crippen LogP contribution in [0.25, 0.3) is 0 Å². The third-order valence-corrected chi connectivity index (χ3v) is 3.69. The van der Waals surface area contributed by atoms with E-state index in [9.17, 15) is 9.59 Å². The molecule has 0 bridgehead atoms. The van der Waals surface area contributed by atoms with E-state index in [1.807, 2.05) is 18.7 Å². The van der Waals surface area contributed by atoms with Gasteiger partial charge in [0, 0.05) is 11.4 Å². The lowest BCUT2D eigenvalue weighted by Gasteiger charge is -2.18. The predicted octanol–water partition coefficient (Wildman–Crippen LogP) is -0.0328. The van der Waals surface area contributed by atoms with Crippen molar-refractivity contribution in [1.29, 1.82) is 0 Å². The molecule has 1 rings (SSSR count). The van der Waals surface area contributed by atoms with Gasteiger partial charge in [0.1, 0.15) is 0 Å². The molecule has 0 aliphatic rings. The van der Waals surface area contributed by atoms with Gasteiger partial charge in [0.25, 0.3) is 5.91 Å². The molecule has 1 aromatic rings. The number of nitrogens with two attached hydrogens (primary N) is 2. The Kier molecular flexibility index (Phi) is 5.26. The third-order valence-electron chi connectivity index (χ3n) is 2.60. The number of likely N-dealkylation sites (N-methyl/N-ethyl adjacent to an activating group) is 1. The smallest absolute Gasteiger partial charge is 0.275 e. The van der Waals surface area contributed by atoms with Gasteiger partial charge in [-0.25, -0.2) is 5.84 Å². The Balaban J connectivity index is 2.80. The van der Waals surface area contributed by atoms with Crippen LogP contribution in [0.5, 0.6) is 0 Å². The molecule has 0 saturated heterocycles. The standard InChI is InChI=1S/C11H18N4O2S/c1-3-15(6-10(12)16)5-8-4-9(11(17)14-13)18-7(8)2/h4H,3,5-6,13H2,1-2H3,(H2,12,16)(H,14,17). The maximum absolute atomic E-state index is 11.4. The van der Waals surface area contributed by atoms with Crippen molar-refractivity contribution in [3.05, 3.63) is 21.4 Å². The van der Waals surface area contributed by atoms with Crippen LogP contribution in [0.3, 0.4) is 0 Å². The number of hydrazine groups is 1. The quantitative estimate of drug-likeness (QED) is 0.384. The van der Waals surface area contributed by atoms with Crippen molar-refractivity contribution in [3.63, 3.8) is 0 Å². The van der Waals surface area contributed by atoms with Crippen molar-refractivity contribution in [2.75, 3.05) is 13.1 Å². The van der Waals surface area contributed by atoms with Crippen LogP contribution in [0.1, 0.15) is 27.0 Å². The molecule has 0 aliphatic carbocycles. The number of aryl methyl sites for hydroxylation is 1. The number of carbonyl (C=O) groups excluding carboxylic acids is 2. The van der Waals surface area contributed by atoms with E-state index in [0.717, 1.165) is 17.0 Å². The average Bonchev–Trinajstić information content (AvgIpc) is 2.68. The van der Waals surface area contributed by atoms with Crippen LogP contribution in [0.4, 0.5) is 0 Å². The van der Waals surface area contributed by atoms with Gasteiger partial charge < -0.3 is 5.73 Å². The van der Waals surface area contributed by atoms with Crippen LogP contribution >= 0.6 is 11.3 Å². The molecule has 18 heavy (non-hydrogen) atoms. The van der Waals surface area contributed by atoms with Crippen molar-refractivity contribution in [1.82, 2.24) is 10.3 Å². The van der Waals surface area contributed by atoms with E-state index in [0.29, 0.717) is 11.4 Å². The molecule has 0 saturated carbocycles. The Hall–Kier alpha value is -1.44. The molecule has 0 aromatic carbocycles. The van der Waals surface area contributed by atoms with Gasteiger partial charge >= 0.3 is 0 Å². The van der Waals surface area contributed by atoms with Crippen LogP contribution in [0.2, 0.25) is 0 Å². The minimum atomic E-state index is -0.357. The number of hydrogen-bond donors (Lipinski definition) is 3. The van der Waals surface area contributed by atoms with Crippen molar-refractivity contribution in [2.45, 2.75) is 20.4 Å². The number of nitrogens with one attached hydrogen (secondary N) is 1. The molecule has 0 unspecified atom stereocenters. The van der Waals surface area contributed by atoms with Crippen molar-refractivity contribution in [3.8, 4) is 0 Å². The summed E-state index contributed by atoms with van der Waals surface area (Å²) in [6, 6.07) is 1.80. The van der Waals surface area contributed by atoms with Crippen molar-refractivity contribution >= 4 is 23.2 Å². The third kappa shape index (κ3) is 3.80. The fourth-order valence-electron chi connectivity index (χ4n) is 1.60. The predicted molar refractivity (Wildman–Crippen MR) is 70.9 cm³/mol. The van der Waals surface area contributed by atoms with E-state index in [-0.39, 0.29) is 18.4 Å². The molecule has 0 spiro atoms. The summed E-state index contributed by atoms with van der Waals surface area (Å²) in [5, 5.41) is 0. The number of nitrogens with zero attached hydrogens (tertiary/aromatic N) is 1. The second-order valence-electron chi connectivity index (χ2n) is 3.94. The van der Waals surface area contributed by atoms with E-state index < -0.39 is 0 Å². The molecule has 1 heterocycles. The fraction of sp³-hybridized carbons (Fsp3) is 0.455. The van der Waals surface area contributed by atoms with Crippen LogP contribution in [-0.4, -0.2) is 29.8 Å². The van der Waals surface area contributed by atoms with Gasteiger partial charge in [0.15, 0.2) is 0 Å². The van der Waals surface area contributed by atoms with Gasteiger partial charge in [-0.15, -0.1) is 11.3 Å². The summed E-state index contributed by atoms with van der Waals surface area (Å²) in [4.78, 5) is 25.8. The van der Waals surface area contributed by atoms with Crippen LogP contribution in [-0.2, 0) is 11.3 Å². The maximum atomic E-state index is 11.4. The van der Waals surface area contributed by atoms with Crippen LogP contribution in [0.15, 0.2) is 6.07 Å². The first-order chi connectivity index (χ1) is 8.47. The first-order valence-electron chi connectivity index (χ1n) is 5.58. The zero-order chi connectivity index (χ0) is 13.7. The topological polar surface area (TPSA) is 101 Å². The van der Waals surface area contributed by atoms with Gasteiger partial charge in [-0.2, -0.15) is 0 Å². The molecule has 100 valence electrons. The first-order valence-corrected chi connectivity index (χ1v) is 6.40. The summed E-state index contributed by atoms with van der Waals surface area (Å²) < 4.78 is 0. The summed E-state index contributed by atoms with van der Waals surface area (Å²) in [7, 11) is 0. The number of amides is 2. The zero-order valence-electron chi connectivity index (χ0n) is 10.5. The number of thiophene rings is 1. The minimum Gasteiger partial charge on any atom is -0.369 e. The number of rotatable bonds is 6. The molecule has 0 aliphatic heterocycles. The maximum Gasteiger partial charge on any atom is 0.275 e. The number of nitrogen functional groups attached to an aromatic ring is 1. The lowest BCUT2D eigenvalue weighted by Crippen LogP contribution is -2.33.